The molecule has 0 atom stereocenters. The third-order valence-electron chi connectivity index (χ3n) is 5.11. The third-order valence-corrected chi connectivity index (χ3v) is 8.47. The van der Waals surface area contributed by atoms with Gasteiger partial charge < -0.3 is 4.57 Å². The van der Waals surface area contributed by atoms with Crippen molar-refractivity contribution in [3.8, 4) is 0 Å². The van der Waals surface area contributed by atoms with Crippen molar-refractivity contribution in [3.05, 3.63) is 94.5 Å². The summed E-state index contributed by atoms with van der Waals surface area (Å²) in [6.07, 6.45) is 0. The zero-order valence-electron chi connectivity index (χ0n) is 16.6. The number of ketones is 1. The Bertz CT molecular complexity index is 1080. The number of Topliss-reactive ketones (excluding diaryl/α,β-unsaturated/α-hetero) is 1. The number of hydrogen-bond acceptors (Lipinski definition) is 3. The summed E-state index contributed by atoms with van der Waals surface area (Å²) in [6.45, 7) is 5.46. The maximum atomic E-state index is 14.4. The van der Waals surface area contributed by atoms with E-state index in [9.17, 15) is 14.2 Å². The summed E-state index contributed by atoms with van der Waals surface area (Å²) < 4.78 is 14.4. The highest BCUT2D eigenvalue weighted by Crippen LogP contribution is 2.48. The predicted octanol–water partition coefficient (Wildman–Crippen LogP) is 5.34. The van der Waals surface area contributed by atoms with Gasteiger partial charge in [0.05, 0.1) is 5.33 Å². The van der Waals surface area contributed by atoms with Gasteiger partial charge >= 0.3 is 0 Å². The zero-order valence-corrected chi connectivity index (χ0v) is 19.1. The molecule has 0 aliphatic carbocycles. The van der Waals surface area contributed by atoms with Gasteiger partial charge in [-0.3, -0.25) is 9.59 Å². The van der Waals surface area contributed by atoms with E-state index in [1.54, 1.807) is 55.5 Å². The van der Waals surface area contributed by atoms with E-state index < -0.39 is 12.7 Å². The van der Waals surface area contributed by atoms with Crippen LogP contribution in [0.1, 0.15) is 37.4 Å². The minimum absolute atomic E-state index is 0.0942. The van der Waals surface area contributed by atoms with E-state index in [1.807, 2.05) is 32.0 Å². The number of aryl methyl sites for hydroxylation is 2. The number of benzene rings is 3. The number of carbonyl (C=O) groups excluding carboxylic acids is 2. The molecule has 0 radical (unpaired) electrons. The molecular formula is C24H22BrO3P. The van der Waals surface area contributed by atoms with E-state index >= 15 is 0 Å². The Morgan fingerprint density at radius 1 is 0.793 bits per heavy atom. The summed E-state index contributed by atoms with van der Waals surface area (Å²) in [4.78, 5) is 26.4. The molecule has 0 saturated carbocycles. The van der Waals surface area contributed by atoms with Gasteiger partial charge in [0.1, 0.15) is 0 Å². The number of rotatable bonds is 6. The van der Waals surface area contributed by atoms with Gasteiger partial charge in [0, 0.05) is 21.7 Å². The van der Waals surface area contributed by atoms with Gasteiger partial charge in [-0.25, -0.2) is 0 Å². The fourth-order valence-corrected chi connectivity index (χ4v) is 6.72. The molecule has 0 fully saturated rings. The monoisotopic (exact) mass is 468 g/mol. The summed E-state index contributed by atoms with van der Waals surface area (Å²) in [5.41, 5.74) is 2.58. The van der Waals surface area contributed by atoms with Crippen LogP contribution in [0.4, 0.5) is 0 Å². The van der Waals surface area contributed by atoms with Crippen molar-refractivity contribution < 1.29 is 14.2 Å². The van der Waals surface area contributed by atoms with Crippen molar-refractivity contribution in [3.63, 3.8) is 0 Å². The lowest BCUT2D eigenvalue weighted by Crippen LogP contribution is -2.24. The molecule has 148 valence electrons. The normalized spacial score (nSPS) is 11.3. The molecule has 0 heterocycles. The highest BCUT2D eigenvalue weighted by atomic mass is 79.9. The molecule has 5 heteroatoms. The number of carbonyl (C=O) groups is 2. The van der Waals surface area contributed by atoms with Gasteiger partial charge in [-0.1, -0.05) is 82.7 Å². The van der Waals surface area contributed by atoms with Crippen LogP contribution in [0, 0.1) is 20.8 Å². The lowest BCUT2D eigenvalue weighted by Gasteiger charge is -2.22. The predicted molar refractivity (Wildman–Crippen MR) is 123 cm³/mol. The smallest absolute Gasteiger partial charge is 0.230 e. The SMILES string of the molecule is Cc1cc(C)c(C(=O)P(=O)(c2ccccc2)c2ccccc2)c(C)c1C(=O)CBr. The first kappa shape index (κ1) is 21.4. The van der Waals surface area contributed by atoms with Crippen molar-refractivity contribution in [2.24, 2.45) is 0 Å². The number of hydrogen-bond donors (Lipinski definition) is 0. The molecule has 29 heavy (non-hydrogen) atoms. The van der Waals surface area contributed by atoms with E-state index in [-0.39, 0.29) is 11.1 Å². The van der Waals surface area contributed by atoms with Crippen molar-refractivity contribution in [2.75, 3.05) is 5.33 Å². The molecule has 0 aliphatic rings. The fourth-order valence-electron chi connectivity index (χ4n) is 3.83. The van der Waals surface area contributed by atoms with E-state index in [1.165, 1.54) is 0 Å². The first-order valence-corrected chi connectivity index (χ1v) is 12.1. The average molecular weight is 469 g/mol. The molecule has 0 amide bonds. The summed E-state index contributed by atoms with van der Waals surface area (Å²) in [5.74, 6) is -0.0942. The molecule has 0 unspecified atom stereocenters. The van der Waals surface area contributed by atoms with E-state index in [4.69, 9.17) is 0 Å². The van der Waals surface area contributed by atoms with Gasteiger partial charge in [-0.15, -0.1) is 0 Å². The minimum Gasteiger partial charge on any atom is -0.305 e. The van der Waals surface area contributed by atoms with Gasteiger partial charge in [-0.05, 0) is 37.5 Å². The Balaban J connectivity index is 2.32. The van der Waals surface area contributed by atoms with Crippen LogP contribution in [0.15, 0.2) is 66.7 Å². The topological polar surface area (TPSA) is 51.2 Å². The molecule has 3 aromatic carbocycles. The van der Waals surface area contributed by atoms with Crippen LogP contribution in [0.5, 0.6) is 0 Å². The second-order valence-electron chi connectivity index (χ2n) is 7.03. The van der Waals surface area contributed by atoms with Crippen LogP contribution >= 0.6 is 23.1 Å². The van der Waals surface area contributed by atoms with Gasteiger partial charge in [0.15, 0.2) is 5.78 Å². The van der Waals surface area contributed by atoms with Crippen LogP contribution in [0.25, 0.3) is 0 Å². The van der Waals surface area contributed by atoms with Crippen molar-refractivity contribution >= 4 is 45.0 Å². The highest BCUT2D eigenvalue weighted by Gasteiger charge is 2.38. The van der Waals surface area contributed by atoms with Gasteiger partial charge in [0.25, 0.3) is 0 Å². The lowest BCUT2D eigenvalue weighted by molar-refractivity contribution is 0.102. The molecule has 0 N–H and O–H groups in total. The fraction of sp³-hybridized carbons (Fsp3) is 0.167. The quantitative estimate of drug-likeness (QED) is 0.278. The Morgan fingerprint density at radius 3 is 1.69 bits per heavy atom. The maximum absolute atomic E-state index is 14.4. The maximum Gasteiger partial charge on any atom is 0.230 e. The second kappa shape index (κ2) is 8.61. The van der Waals surface area contributed by atoms with E-state index in [0.29, 0.717) is 27.3 Å². The summed E-state index contributed by atoms with van der Waals surface area (Å²) in [5, 5.41) is 1.15. The molecule has 0 aromatic heterocycles. The summed E-state index contributed by atoms with van der Waals surface area (Å²) in [7, 11) is -3.63. The minimum atomic E-state index is -3.63. The van der Waals surface area contributed by atoms with Crippen LogP contribution in [0.3, 0.4) is 0 Å². The Kier molecular flexibility index (Phi) is 6.36. The van der Waals surface area contributed by atoms with Crippen LogP contribution in [-0.2, 0) is 4.57 Å². The number of alkyl halides is 1. The molecule has 3 rings (SSSR count). The molecule has 3 aromatic rings. The van der Waals surface area contributed by atoms with Crippen LogP contribution in [-0.4, -0.2) is 16.6 Å². The molecular weight excluding hydrogens is 447 g/mol. The first-order valence-electron chi connectivity index (χ1n) is 9.28. The van der Waals surface area contributed by atoms with Crippen molar-refractivity contribution in [1.82, 2.24) is 0 Å². The highest BCUT2D eigenvalue weighted by molar-refractivity contribution is 9.09. The van der Waals surface area contributed by atoms with E-state index in [2.05, 4.69) is 15.9 Å². The Morgan fingerprint density at radius 2 is 1.24 bits per heavy atom. The zero-order chi connectivity index (χ0) is 21.2. The number of halogens is 1. The van der Waals surface area contributed by atoms with Gasteiger partial charge in [-0.2, -0.15) is 0 Å². The largest absolute Gasteiger partial charge is 0.305 e. The second-order valence-corrected chi connectivity index (χ2v) is 10.2. The summed E-state index contributed by atoms with van der Waals surface area (Å²) in [6, 6.07) is 19.6. The Labute approximate surface area is 179 Å². The standard InChI is InChI=1S/C24H22BrO3P/c1-16-14-17(2)23(18(3)22(16)21(26)15-25)24(27)29(28,19-10-6-4-7-11-19)20-12-8-5-9-13-20/h4-14H,15H2,1-3H3. The molecule has 0 spiro atoms. The van der Waals surface area contributed by atoms with Crippen molar-refractivity contribution in [1.29, 1.82) is 0 Å². The Hall–Kier alpha value is -2.29. The van der Waals surface area contributed by atoms with Gasteiger partial charge in [0.2, 0.25) is 12.7 Å². The first-order chi connectivity index (χ1) is 13.8. The molecule has 0 aliphatic heterocycles. The molecule has 0 bridgehead atoms. The molecule has 0 saturated heterocycles. The van der Waals surface area contributed by atoms with Crippen molar-refractivity contribution in [2.45, 2.75) is 20.8 Å². The third kappa shape index (κ3) is 3.80. The van der Waals surface area contributed by atoms with Crippen LogP contribution in [0.2, 0.25) is 0 Å². The summed E-state index contributed by atoms with van der Waals surface area (Å²) >= 11 is 3.22. The van der Waals surface area contributed by atoms with Crippen LogP contribution < -0.4 is 10.6 Å². The lowest BCUT2D eigenvalue weighted by atomic mass is 9.92. The average Bonchev–Trinajstić information content (AvgIpc) is 2.73. The van der Waals surface area contributed by atoms with E-state index in [0.717, 1.165) is 11.1 Å². The molecule has 3 nitrogen and oxygen atoms in total.